The lowest BCUT2D eigenvalue weighted by Gasteiger charge is -2.30. The van der Waals surface area contributed by atoms with E-state index in [1.807, 2.05) is 12.1 Å². The van der Waals surface area contributed by atoms with E-state index >= 15 is 0 Å². The van der Waals surface area contributed by atoms with Gasteiger partial charge in [-0.05, 0) is 174 Å². The summed E-state index contributed by atoms with van der Waals surface area (Å²) in [4.78, 5) is 4.68. The van der Waals surface area contributed by atoms with Crippen LogP contribution in [0.3, 0.4) is 0 Å². The van der Waals surface area contributed by atoms with Crippen molar-refractivity contribution in [1.29, 1.82) is 0 Å². The van der Waals surface area contributed by atoms with E-state index in [2.05, 4.69) is 232 Å². The number of para-hydroxylation sites is 4. The van der Waals surface area contributed by atoms with Crippen molar-refractivity contribution in [2.24, 2.45) is 0 Å². The Hall–Kier alpha value is -8.60. The molecule has 0 amide bonds. The molecule has 1 aliphatic rings. The second-order valence-corrected chi connectivity index (χ2v) is 18.8. The molecule has 0 spiro atoms. The molecule has 1 aromatic heterocycles. The van der Waals surface area contributed by atoms with Gasteiger partial charge in [-0.15, -0.1) is 0 Å². The zero-order valence-corrected chi connectivity index (χ0v) is 39.3. The molecule has 0 aliphatic carbocycles. The summed E-state index contributed by atoms with van der Waals surface area (Å²) in [6.45, 7) is 11.0. The molecule has 69 heavy (non-hydrogen) atoms. The van der Waals surface area contributed by atoms with E-state index in [0.29, 0.717) is 0 Å². The average molecular weight is 889 g/mol. The number of fused-ring (bicyclic) bond motifs is 9. The number of aryl methyl sites for hydroxylation is 5. The van der Waals surface area contributed by atoms with Crippen LogP contribution < -0.4 is 14.5 Å². The van der Waals surface area contributed by atoms with Crippen molar-refractivity contribution in [1.82, 2.24) is 0 Å². The topological polar surface area (TPSA) is 28.9 Å². The van der Waals surface area contributed by atoms with E-state index in [1.165, 1.54) is 66.0 Å². The van der Waals surface area contributed by atoms with Gasteiger partial charge in [-0.1, -0.05) is 126 Å². The van der Waals surface area contributed by atoms with Crippen molar-refractivity contribution >= 4 is 88.4 Å². The fraction of sp³-hybridized carbons (Fsp3) is 0.0769. The van der Waals surface area contributed by atoms with Gasteiger partial charge in [-0.25, -0.2) is 0 Å². The first-order valence-corrected chi connectivity index (χ1v) is 23.8. The summed E-state index contributed by atoms with van der Waals surface area (Å²) in [6, 6.07) is 72.6. The highest BCUT2D eigenvalue weighted by atomic mass is 16.5. The third kappa shape index (κ3) is 6.58. The third-order valence-electron chi connectivity index (χ3n) is 14.1. The van der Waals surface area contributed by atoms with Gasteiger partial charge in [0.25, 0.3) is 0 Å². The largest absolute Gasteiger partial charge is 0.456 e. The Morgan fingerprint density at radius 1 is 0.348 bits per heavy atom. The SMILES string of the molecule is Cc1cc(C)c(N(c2ccccc2)c2ccc3c(c2)Oc2cc(C)cc4c2c-3cc2c3cc(C)ccc3c(-c3ccc(N(c5ccccc5)c5cccc6c5oc5ccccc56)cc3)cc42)c(C)c1. The van der Waals surface area contributed by atoms with Gasteiger partial charge in [0.05, 0.1) is 11.4 Å². The second-order valence-electron chi connectivity index (χ2n) is 18.8. The molecule has 13 rings (SSSR count). The van der Waals surface area contributed by atoms with Crippen LogP contribution in [0.15, 0.2) is 205 Å². The molecular weight excluding hydrogens is 841 g/mol. The summed E-state index contributed by atoms with van der Waals surface area (Å²) in [6.07, 6.45) is 0. The standard InChI is InChI=1S/C65H48N2O2/c1-39-23-29-49-53(44-24-26-47(27-25-44)66(45-15-8-6-9-16-45)59-21-14-20-52-50-19-12-13-22-60(50)69-65(52)59)37-56-55(54(49)33-39)38-58-51-30-28-48(36-61(51)68-62-35-41(3)34-57(56)63(58)62)67(46-17-10-7-11-18-46)64-42(4)31-40(2)32-43(64)5/h6-38H,1-5H3. The van der Waals surface area contributed by atoms with Crippen LogP contribution >= 0.6 is 0 Å². The van der Waals surface area contributed by atoms with Crippen LogP contribution in [0.4, 0.5) is 34.1 Å². The Balaban J connectivity index is 0.968. The van der Waals surface area contributed by atoms with E-state index in [0.717, 1.165) is 84.0 Å². The van der Waals surface area contributed by atoms with Crippen LogP contribution in [-0.4, -0.2) is 0 Å². The van der Waals surface area contributed by atoms with Crippen molar-refractivity contribution in [2.45, 2.75) is 34.6 Å². The number of hydrogen-bond acceptors (Lipinski definition) is 4. The molecule has 4 heteroatoms. The molecule has 1 aliphatic heterocycles. The van der Waals surface area contributed by atoms with E-state index < -0.39 is 0 Å². The molecule has 0 saturated heterocycles. The molecule has 0 bridgehead atoms. The summed E-state index contributed by atoms with van der Waals surface area (Å²) in [7, 11) is 0. The van der Waals surface area contributed by atoms with E-state index in [4.69, 9.17) is 9.15 Å². The second kappa shape index (κ2) is 15.8. The summed E-state index contributed by atoms with van der Waals surface area (Å²) in [5.41, 5.74) is 18.9. The van der Waals surface area contributed by atoms with Gasteiger partial charge in [-0.3, -0.25) is 0 Å². The zero-order chi connectivity index (χ0) is 46.5. The maximum absolute atomic E-state index is 7.06. The van der Waals surface area contributed by atoms with Crippen molar-refractivity contribution in [3.05, 3.63) is 228 Å². The number of furan rings is 1. The highest BCUT2D eigenvalue weighted by Gasteiger charge is 2.27. The lowest BCUT2D eigenvalue weighted by Crippen LogP contribution is -2.13. The van der Waals surface area contributed by atoms with Crippen LogP contribution in [0.25, 0.3) is 76.5 Å². The Morgan fingerprint density at radius 2 is 0.957 bits per heavy atom. The smallest absolute Gasteiger partial charge is 0.159 e. The number of rotatable bonds is 7. The first-order chi connectivity index (χ1) is 33.8. The quantitative estimate of drug-likeness (QED) is 0.149. The summed E-state index contributed by atoms with van der Waals surface area (Å²) >= 11 is 0. The van der Waals surface area contributed by atoms with Crippen molar-refractivity contribution in [3.63, 3.8) is 0 Å². The first kappa shape index (κ1) is 40.7. The first-order valence-electron chi connectivity index (χ1n) is 23.8. The van der Waals surface area contributed by atoms with Crippen molar-refractivity contribution in [3.8, 4) is 33.8 Å². The van der Waals surface area contributed by atoms with Crippen LogP contribution in [0, 0.1) is 34.6 Å². The van der Waals surface area contributed by atoms with Gasteiger partial charge in [-0.2, -0.15) is 0 Å². The predicted molar refractivity (Wildman–Crippen MR) is 290 cm³/mol. The molecule has 0 unspecified atom stereocenters. The monoisotopic (exact) mass is 888 g/mol. The fourth-order valence-electron chi connectivity index (χ4n) is 11.2. The molecule has 2 heterocycles. The summed E-state index contributed by atoms with van der Waals surface area (Å²) in [5.74, 6) is 1.74. The molecular formula is C65H48N2O2. The van der Waals surface area contributed by atoms with Crippen LogP contribution in [-0.2, 0) is 0 Å². The summed E-state index contributed by atoms with van der Waals surface area (Å²) in [5, 5.41) is 9.45. The van der Waals surface area contributed by atoms with E-state index in [1.54, 1.807) is 0 Å². The van der Waals surface area contributed by atoms with E-state index in [-0.39, 0.29) is 0 Å². The molecule has 330 valence electrons. The van der Waals surface area contributed by atoms with E-state index in [9.17, 15) is 0 Å². The Kier molecular flexibility index (Phi) is 9.28. The van der Waals surface area contributed by atoms with Gasteiger partial charge in [0.1, 0.15) is 17.1 Å². The minimum Gasteiger partial charge on any atom is -0.456 e. The van der Waals surface area contributed by atoms with Gasteiger partial charge in [0.2, 0.25) is 0 Å². The van der Waals surface area contributed by atoms with Gasteiger partial charge >= 0.3 is 0 Å². The average Bonchev–Trinajstić information content (AvgIpc) is 3.75. The molecule has 11 aromatic carbocycles. The molecule has 0 fully saturated rings. The number of ether oxygens (including phenoxy) is 1. The lowest BCUT2D eigenvalue weighted by atomic mass is 9.85. The van der Waals surface area contributed by atoms with Crippen molar-refractivity contribution in [2.75, 3.05) is 9.80 Å². The number of benzene rings is 11. The number of hydrogen-bond donors (Lipinski definition) is 0. The Morgan fingerprint density at radius 3 is 1.72 bits per heavy atom. The number of anilines is 6. The molecule has 12 aromatic rings. The Bertz CT molecular complexity index is 4020. The van der Waals surface area contributed by atoms with Crippen LogP contribution in [0.1, 0.15) is 27.8 Å². The minimum atomic E-state index is 0.855. The molecule has 0 saturated carbocycles. The lowest BCUT2D eigenvalue weighted by molar-refractivity contribution is 0.487. The van der Waals surface area contributed by atoms with Crippen molar-refractivity contribution < 1.29 is 9.15 Å². The normalized spacial score (nSPS) is 12.0. The molecule has 4 nitrogen and oxygen atoms in total. The van der Waals surface area contributed by atoms with Gasteiger partial charge in [0.15, 0.2) is 5.58 Å². The third-order valence-corrected chi connectivity index (χ3v) is 14.1. The van der Waals surface area contributed by atoms with Gasteiger partial charge in [0, 0.05) is 50.5 Å². The Labute approximate surface area is 401 Å². The number of nitrogens with zero attached hydrogens (tertiary/aromatic N) is 2. The highest BCUT2D eigenvalue weighted by Crippen LogP contribution is 2.53. The highest BCUT2D eigenvalue weighted by molar-refractivity contribution is 6.25. The predicted octanol–water partition coefficient (Wildman–Crippen LogP) is 19.0. The minimum absolute atomic E-state index is 0.855. The maximum Gasteiger partial charge on any atom is 0.159 e. The molecule has 0 atom stereocenters. The maximum atomic E-state index is 7.06. The molecule has 0 N–H and O–H groups in total. The zero-order valence-electron chi connectivity index (χ0n) is 39.3. The van der Waals surface area contributed by atoms with Gasteiger partial charge < -0.3 is 19.0 Å². The molecule has 0 radical (unpaired) electrons. The summed E-state index contributed by atoms with van der Waals surface area (Å²) < 4.78 is 13.7. The fourth-order valence-corrected chi connectivity index (χ4v) is 11.2. The van der Waals surface area contributed by atoms with Crippen LogP contribution in [0.5, 0.6) is 11.5 Å². The van der Waals surface area contributed by atoms with Crippen LogP contribution in [0.2, 0.25) is 0 Å².